The van der Waals surface area contributed by atoms with E-state index in [9.17, 15) is 26.7 Å². The number of carbonyl (C=O) groups excluding carboxylic acids is 1. The Hall–Kier alpha value is -3.53. The van der Waals surface area contributed by atoms with E-state index in [-0.39, 0.29) is 18.2 Å². The van der Waals surface area contributed by atoms with E-state index in [1.54, 1.807) is 0 Å². The number of nitrogens with zero attached hydrogens (tertiary/aromatic N) is 1. The molecule has 2 atom stereocenters. The summed E-state index contributed by atoms with van der Waals surface area (Å²) in [5.41, 5.74) is 0.601. The van der Waals surface area contributed by atoms with E-state index in [4.69, 9.17) is 4.74 Å². The Morgan fingerprint density at radius 1 is 1.00 bits per heavy atom. The number of hydrogen-bond acceptors (Lipinski definition) is 4. The molecule has 0 aliphatic carbocycles. The van der Waals surface area contributed by atoms with Crippen molar-refractivity contribution >= 4 is 5.91 Å². The van der Waals surface area contributed by atoms with Crippen LogP contribution in [0.15, 0.2) is 60.8 Å². The van der Waals surface area contributed by atoms with Crippen molar-refractivity contribution < 1.29 is 31.5 Å². The van der Waals surface area contributed by atoms with Gasteiger partial charge in [-0.15, -0.1) is 0 Å². The van der Waals surface area contributed by atoms with Crippen LogP contribution in [0.4, 0.5) is 22.0 Å². The molecule has 0 saturated heterocycles. The highest BCUT2D eigenvalue weighted by Crippen LogP contribution is 2.33. The highest BCUT2D eigenvalue weighted by Gasteiger charge is 2.32. The van der Waals surface area contributed by atoms with E-state index < -0.39 is 35.5 Å². The molecule has 35 heavy (non-hydrogen) atoms. The minimum absolute atomic E-state index is 0.00474. The first-order chi connectivity index (χ1) is 16.6. The number of nitrogens with one attached hydrogen (secondary N) is 2. The number of carbonyl (C=O) groups is 1. The van der Waals surface area contributed by atoms with Gasteiger partial charge in [0.25, 0.3) is 0 Å². The standard InChI is InChI=1S/C25H24F5N3O2/c1-31-24(34)23(15-3-7-18(26)8-4-15)32-12-11-19(16-5-9-20(27)21(13-16)35-2)17-6-10-22(33-14-17)25(28,29)30/h3-10,13-14,19,23,32H,11-12H2,1-2H3,(H,31,34)/t19-,23+/m0/s1. The molecule has 0 bridgehead atoms. The maximum Gasteiger partial charge on any atom is 0.433 e. The van der Waals surface area contributed by atoms with Crippen molar-refractivity contribution in [2.75, 3.05) is 20.7 Å². The lowest BCUT2D eigenvalue weighted by Crippen LogP contribution is -2.36. The molecular weight excluding hydrogens is 469 g/mol. The molecule has 5 nitrogen and oxygen atoms in total. The van der Waals surface area contributed by atoms with E-state index in [1.165, 1.54) is 62.7 Å². The van der Waals surface area contributed by atoms with Gasteiger partial charge in [-0.3, -0.25) is 9.78 Å². The van der Waals surface area contributed by atoms with Gasteiger partial charge in [0.15, 0.2) is 11.6 Å². The Balaban J connectivity index is 1.87. The van der Waals surface area contributed by atoms with Gasteiger partial charge in [0.1, 0.15) is 17.6 Å². The van der Waals surface area contributed by atoms with Crippen LogP contribution in [0.1, 0.15) is 40.8 Å². The fourth-order valence-electron chi connectivity index (χ4n) is 3.73. The third-order valence-electron chi connectivity index (χ3n) is 5.55. The van der Waals surface area contributed by atoms with Crippen LogP contribution in [0.2, 0.25) is 0 Å². The normalized spacial score (nSPS) is 13.2. The number of rotatable bonds is 9. The molecule has 0 saturated carbocycles. The first kappa shape index (κ1) is 26.1. The maximum absolute atomic E-state index is 14.0. The maximum atomic E-state index is 14.0. The van der Waals surface area contributed by atoms with Crippen molar-refractivity contribution in [3.63, 3.8) is 0 Å². The third kappa shape index (κ3) is 6.54. The van der Waals surface area contributed by atoms with Crippen LogP contribution < -0.4 is 15.4 Å². The van der Waals surface area contributed by atoms with Crippen molar-refractivity contribution in [3.05, 3.63) is 94.8 Å². The lowest BCUT2D eigenvalue weighted by molar-refractivity contribution is -0.141. The molecule has 0 aliphatic rings. The van der Waals surface area contributed by atoms with Gasteiger partial charge in [0, 0.05) is 19.2 Å². The fraction of sp³-hybridized carbons (Fsp3) is 0.280. The Morgan fingerprint density at radius 3 is 2.23 bits per heavy atom. The zero-order valence-electron chi connectivity index (χ0n) is 19.0. The van der Waals surface area contributed by atoms with Crippen LogP contribution in [-0.4, -0.2) is 31.6 Å². The highest BCUT2D eigenvalue weighted by molar-refractivity contribution is 5.82. The van der Waals surface area contributed by atoms with E-state index in [1.807, 2.05) is 0 Å². The summed E-state index contributed by atoms with van der Waals surface area (Å²) in [5, 5.41) is 5.66. The van der Waals surface area contributed by atoms with Gasteiger partial charge >= 0.3 is 6.18 Å². The first-order valence-corrected chi connectivity index (χ1v) is 10.7. The molecular formula is C25H24F5N3O2. The zero-order valence-corrected chi connectivity index (χ0v) is 19.0. The summed E-state index contributed by atoms with van der Waals surface area (Å²) in [4.78, 5) is 16.0. The van der Waals surface area contributed by atoms with Gasteiger partial charge in [0.2, 0.25) is 5.91 Å². The fourth-order valence-corrected chi connectivity index (χ4v) is 3.73. The molecule has 2 aromatic carbocycles. The largest absolute Gasteiger partial charge is 0.494 e. The van der Waals surface area contributed by atoms with Gasteiger partial charge in [-0.25, -0.2) is 8.78 Å². The van der Waals surface area contributed by atoms with Gasteiger partial charge in [-0.05, 0) is 60.0 Å². The molecule has 10 heteroatoms. The number of methoxy groups -OCH3 is 1. The van der Waals surface area contributed by atoms with Crippen molar-refractivity contribution in [1.29, 1.82) is 0 Å². The van der Waals surface area contributed by atoms with Gasteiger partial charge in [-0.2, -0.15) is 13.2 Å². The summed E-state index contributed by atoms with van der Waals surface area (Å²) >= 11 is 0. The van der Waals surface area contributed by atoms with Crippen LogP contribution in [0.3, 0.4) is 0 Å². The number of benzene rings is 2. The van der Waals surface area contributed by atoms with E-state index in [2.05, 4.69) is 15.6 Å². The molecule has 1 amide bonds. The molecule has 3 rings (SSSR count). The number of aromatic nitrogens is 1. The second kappa shape index (κ2) is 11.3. The van der Waals surface area contributed by atoms with Crippen LogP contribution in [-0.2, 0) is 11.0 Å². The summed E-state index contributed by atoms with van der Waals surface area (Å²) in [5.74, 6) is -1.84. The van der Waals surface area contributed by atoms with Crippen LogP contribution >= 0.6 is 0 Å². The zero-order chi connectivity index (χ0) is 25.6. The molecule has 186 valence electrons. The number of amides is 1. The molecule has 0 unspecified atom stereocenters. The van der Waals surface area contributed by atoms with Gasteiger partial charge in [0.05, 0.1) is 7.11 Å². The highest BCUT2D eigenvalue weighted by atomic mass is 19.4. The van der Waals surface area contributed by atoms with E-state index in [0.29, 0.717) is 23.1 Å². The summed E-state index contributed by atoms with van der Waals surface area (Å²) in [7, 11) is 2.79. The topological polar surface area (TPSA) is 63.2 Å². The Labute approximate surface area is 199 Å². The average Bonchev–Trinajstić information content (AvgIpc) is 2.84. The summed E-state index contributed by atoms with van der Waals surface area (Å²) in [6.45, 7) is 0.251. The molecule has 0 aliphatic heterocycles. The molecule has 1 heterocycles. The minimum atomic E-state index is -4.58. The second-order valence-corrected chi connectivity index (χ2v) is 7.76. The average molecular weight is 493 g/mol. The predicted molar refractivity (Wildman–Crippen MR) is 120 cm³/mol. The number of hydrogen-bond donors (Lipinski definition) is 2. The van der Waals surface area contributed by atoms with Crippen molar-refractivity contribution in [3.8, 4) is 5.75 Å². The van der Waals surface area contributed by atoms with Crippen LogP contribution in [0.5, 0.6) is 5.75 Å². The number of alkyl halides is 3. The van der Waals surface area contributed by atoms with Crippen LogP contribution in [0, 0.1) is 11.6 Å². The Kier molecular flexibility index (Phi) is 8.39. The molecule has 2 N–H and O–H groups in total. The number of ether oxygens (including phenoxy) is 1. The van der Waals surface area contributed by atoms with Gasteiger partial charge < -0.3 is 15.4 Å². The van der Waals surface area contributed by atoms with E-state index in [0.717, 1.165) is 12.3 Å². The van der Waals surface area contributed by atoms with Crippen LogP contribution in [0.25, 0.3) is 0 Å². The first-order valence-electron chi connectivity index (χ1n) is 10.7. The molecule has 0 fully saturated rings. The lowest BCUT2D eigenvalue weighted by atomic mass is 9.89. The second-order valence-electron chi connectivity index (χ2n) is 7.76. The van der Waals surface area contributed by atoms with Crippen molar-refractivity contribution in [2.24, 2.45) is 0 Å². The SMILES string of the molecule is CNC(=O)[C@H](NCC[C@H](c1ccc(C(F)(F)F)nc1)c1ccc(F)c(OC)c1)c1ccc(F)cc1. The quantitative estimate of drug-likeness (QED) is 0.413. The summed E-state index contributed by atoms with van der Waals surface area (Å²) in [6, 6.07) is 11.1. The van der Waals surface area contributed by atoms with E-state index >= 15 is 0 Å². The number of likely N-dealkylation sites (N-methyl/N-ethyl adjacent to an activating group) is 1. The van der Waals surface area contributed by atoms with Crippen molar-refractivity contribution in [2.45, 2.75) is 24.6 Å². The molecule has 1 aromatic heterocycles. The third-order valence-corrected chi connectivity index (χ3v) is 5.55. The lowest BCUT2D eigenvalue weighted by Gasteiger charge is -2.22. The Bertz CT molecular complexity index is 1140. The smallest absolute Gasteiger partial charge is 0.433 e. The number of halogens is 5. The summed E-state index contributed by atoms with van der Waals surface area (Å²) < 4.78 is 71.3. The predicted octanol–water partition coefficient (Wildman–Crippen LogP) is 4.99. The molecule has 0 spiro atoms. The minimum Gasteiger partial charge on any atom is -0.494 e. The van der Waals surface area contributed by atoms with Crippen molar-refractivity contribution in [1.82, 2.24) is 15.6 Å². The monoisotopic (exact) mass is 493 g/mol. The van der Waals surface area contributed by atoms with Gasteiger partial charge in [-0.1, -0.05) is 24.3 Å². The number of pyridine rings is 1. The molecule has 0 radical (unpaired) electrons. The Morgan fingerprint density at radius 2 is 1.66 bits per heavy atom. The molecule has 3 aromatic rings. The summed E-state index contributed by atoms with van der Waals surface area (Å²) in [6.07, 6.45) is -3.11.